The van der Waals surface area contributed by atoms with E-state index in [0.29, 0.717) is 6.29 Å². The maximum atomic E-state index is 12.7. The van der Waals surface area contributed by atoms with Crippen molar-refractivity contribution in [2.75, 3.05) is 31.8 Å². The second-order valence-corrected chi connectivity index (χ2v) is 9.28. The summed E-state index contributed by atoms with van der Waals surface area (Å²) in [5.41, 5.74) is 2.23. The fourth-order valence-electron chi connectivity index (χ4n) is 3.33. The van der Waals surface area contributed by atoms with Gasteiger partial charge < -0.3 is 19.1 Å². The molecule has 0 saturated carbocycles. The van der Waals surface area contributed by atoms with Crippen LogP contribution in [0.25, 0.3) is 5.57 Å². The highest BCUT2D eigenvalue weighted by Gasteiger charge is 2.35. The number of carbonyl (C=O) groups is 1. The largest absolute Gasteiger partial charge is 0.507 e. The number of carbonyl (C=O) groups excluding carboxylic acids is 1. The van der Waals surface area contributed by atoms with Crippen molar-refractivity contribution in [2.45, 2.75) is 39.2 Å². The van der Waals surface area contributed by atoms with Crippen LogP contribution in [0.1, 0.15) is 49.5 Å². The zero-order valence-corrected chi connectivity index (χ0v) is 17.0. The molecule has 0 aliphatic carbocycles. The molecule has 1 aliphatic heterocycles. The molecule has 2 rings (SSSR count). The van der Waals surface area contributed by atoms with Crippen molar-refractivity contribution in [2.24, 2.45) is 0 Å². The summed E-state index contributed by atoms with van der Waals surface area (Å²) in [6.07, 6.45) is 4.80. The number of anilines is 1. The Balaban J connectivity index is 2.63. The maximum Gasteiger partial charge on any atom is 0.334 e. The minimum Gasteiger partial charge on any atom is -0.507 e. The predicted octanol–water partition coefficient (Wildman–Crippen LogP) is 4.47. The third-order valence-electron chi connectivity index (χ3n) is 4.79. The van der Waals surface area contributed by atoms with E-state index in [2.05, 4.69) is 25.7 Å². The number of aldehydes is 1. The molecule has 1 aliphatic rings. The van der Waals surface area contributed by atoms with Crippen LogP contribution in [0.3, 0.4) is 0 Å². The predicted molar refractivity (Wildman–Crippen MR) is 104 cm³/mol. The van der Waals surface area contributed by atoms with E-state index in [4.69, 9.17) is 9.05 Å². The van der Waals surface area contributed by atoms with Gasteiger partial charge in [0.1, 0.15) is 5.75 Å². The van der Waals surface area contributed by atoms with Crippen LogP contribution in [-0.2, 0) is 13.6 Å². The number of hydrogen-bond donors (Lipinski definition) is 1. The number of phenols is 1. The lowest BCUT2D eigenvalue weighted by Crippen LogP contribution is -2.46. The van der Waals surface area contributed by atoms with Gasteiger partial charge in [0.05, 0.1) is 17.3 Å². The van der Waals surface area contributed by atoms with E-state index >= 15 is 0 Å². The van der Waals surface area contributed by atoms with Crippen molar-refractivity contribution in [3.8, 4) is 5.75 Å². The number of hydrogen-bond acceptors (Lipinski definition) is 6. The third-order valence-corrected chi connectivity index (χ3v) is 6.63. The quantitative estimate of drug-likeness (QED) is 0.529. The van der Waals surface area contributed by atoms with E-state index in [-0.39, 0.29) is 23.0 Å². The molecular weight excluding hydrogens is 353 g/mol. The van der Waals surface area contributed by atoms with Gasteiger partial charge in [-0.05, 0) is 31.9 Å². The topological polar surface area (TPSA) is 76.1 Å². The number of unbranched alkanes of at least 4 members (excludes halogenated alkanes) is 1. The Kier molecular flexibility index (Phi) is 6.33. The maximum absolute atomic E-state index is 12.7. The van der Waals surface area contributed by atoms with E-state index in [1.807, 2.05) is 6.08 Å². The molecule has 0 bridgehead atoms. The molecule has 1 aromatic carbocycles. The lowest BCUT2D eigenvalue weighted by Gasteiger charge is -2.44. The van der Waals surface area contributed by atoms with Gasteiger partial charge in [-0.1, -0.05) is 19.4 Å². The molecule has 1 N–H and O–H groups in total. The van der Waals surface area contributed by atoms with Crippen LogP contribution in [0.2, 0.25) is 0 Å². The molecule has 1 heterocycles. The number of rotatable bonds is 8. The summed E-state index contributed by atoms with van der Waals surface area (Å²) in [5.74, 6) is -0.0565. The molecule has 0 amide bonds. The molecule has 0 aromatic heterocycles. The number of allylic oxidation sites excluding steroid dienone is 1. The zero-order chi connectivity index (χ0) is 19.5. The Morgan fingerprint density at radius 3 is 2.46 bits per heavy atom. The van der Waals surface area contributed by atoms with Crippen LogP contribution in [0.5, 0.6) is 5.75 Å². The molecule has 1 aromatic rings. The molecule has 6 nitrogen and oxygen atoms in total. The van der Waals surface area contributed by atoms with Crippen molar-refractivity contribution >= 4 is 25.1 Å². The number of aromatic hydroxyl groups is 1. The van der Waals surface area contributed by atoms with Crippen LogP contribution < -0.4 is 4.90 Å². The average molecular weight is 381 g/mol. The number of fused-ring (bicyclic) bond motifs is 1. The van der Waals surface area contributed by atoms with Gasteiger partial charge in [0, 0.05) is 38.1 Å². The molecule has 0 atom stereocenters. The molecular formula is C19H28NO5P. The normalized spacial score (nSPS) is 16.2. The van der Waals surface area contributed by atoms with E-state index in [0.717, 1.165) is 36.2 Å². The summed E-state index contributed by atoms with van der Waals surface area (Å²) in [6, 6.07) is 3.27. The first-order valence-electron chi connectivity index (χ1n) is 8.73. The lowest BCUT2D eigenvalue weighted by atomic mass is 9.87. The van der Waals surface area contributed by atoms with Gasteiger partial charge in [0.25, 0.3) is 0 Å². The Morgan fingerprint density at radius 2 is 1.92 bits per heavy atom. The van der Waals surface area contributed by atoms with Gasteiger partial charge in [-0.25, -0.2) is 0 Å². The Morgan fingerprint density at radius 1 is 1.27 bits per heavy atom. The highest BCUT2D eigenvalue weighted by Crippen LogP contribution is 2.52. The van der Waals surface area contributed by atoms with E-state index in [1.54, 1.807) is 12.1 Å². The number of phenolic OH excluding ortho intramolecular Hbond substituents is 1. The highest BCUT2D eigenvalue weighted by molar-refractivity contribution is 7.54. The van der Waals surface area contributed by atoms with E-state index in [9.17, 15) is 14.5 Å². The standard InChI is InChI=1S/C19H28NO5P/c1-6-7-8-20-17-10-18(22)14(12-21)9-16(17)15(11-19(20,2)3)13-26(23,24-4)25-5/h9-12,22H,6-8,13H2,1-5H3. The first kappa shape index (κ1) is 20.7. The Labute approximate surface area is 155 Å². The average Bonchev–Trinajstić information content (AvgIpc) is 2.60. The molecule has 26 heavy (non-hydrogen) atoms. The van der Waals surface area contributed by atoms with E-state index < -0.39 is 7.60 Å². The molecule has 0 fully saturated rings. The summed E-state index contributed by atoms with van der Waals surface area (Å²) in [6.45, 7) is 7.08. The summed E-state index contributed by atoms with van der Waals surface area (Å²) < 4.78 is 22.9. The fourth-order valence-corrected chi connectivity index (χ4v) is 4.42. The molecule has 0 radical (unpaired) electrons. The lowest BCUT2D eigenvalue weighted by molar-refractivity contribution is 0.112. The smallest absolute Gasteiger partial charge is 0.334 e. The van der Waals surface area contributed by atoms with E-state index in [1.165, 1.54) is 14.2 Å². The second kappa shape index (κ2) is 7.95. The number of benzene rings is 1. The molecule has 0 spiro atoms. The first-order valence-corrected chi connectivity index (χ1v) is 10.5. The van der Waals surface area contributed by atoms with Crippen LogP contribution in [0.15, 0.2) is 18.2 Å². The highest BCUT2D eigenvalue weighted by atomic mass is 31.2. The van der Waals surface area contributed by atoms with Gasteiger partial charge in [-0.2, -0.15) is 0 Å². The summed E-state index contributed by atoms with van der Waals surface area (Å²) in [5, 5.41) is 10.2. The summed E-state index contributed by atoms with van der Waals surface area (Å²) in [7, 11) is -0.551. The molecule has 0 unspecified atom stereocenters. The van der Waals surface area contributed by atoms with Crippen molar-refractivity contribution < 1.29 is 23.5 Å². The van der Waals surface area contributed by atoms with Gasteiger partial charge in [0.15, 0.2) is 6.29 Å². The minimum atomic E-state index is -3.28. The summed E-state index contributed by atoms with van der Waals surface area (Å²) in [4.78, 5) is 13.5. The zero-order valence-electron chi connectivity index (χ0n) is 16.1. The van der Waals surface area contributed by atoms with Crippen molar-refractivity contribution in [1.82, 2.24) is 0 Å². The van der Waals surface area contributed by atoms with Crippen molar-refractivity contribution in [3.63, 3.8) is 0 Å². The molecule has 144 valence electrons. The number of nitrogens with zero attached hydrogens (tertiary/aromatic N) is 1. The SMILES string of the molecule is CCCCN1c2cc(O)c(C=O)cc2C(CP(=O)(OC)OC)=CC1(C)C. The van der Waals surface area contributed by atoms with Crippen molar-refractivity contribution in [1.29, 1.82) is 0 Å². The van der Waals surface area contributed by atoms with Crippen LogP contribution in [-0.4, -0.2) is 43.9 Å². The fraction of sp³-hybridized carbons (Fsp3) is 0.526. The second-order valence-electron chi connectivity index (χ2n) is 7.01. The monoisotopic (exact) mass is 381 g/mol. The van der Waals surface area contributed by atoms with Gasteiger partial charge in [-0.15, -0.1) is 0 Å². The Bertz CT molecular complexity index is 749. The van der Waals surface area contributed by atoms with Gasteiger partial charge >= 0.3 is 7.60 Å². The van der Waals surface area contributed by atoms with Crippen LogP contribution in [0.4, 0.5) is 5.69 Å². The summed E-state index contributed by atoms with van der Waals surface area (Å²) >= 11 is 0. The third kappa shape index (κ3) is 4.03. The van der Waals surface area contributed by atoms with Gasteiger partial charge in [0.2, 0.25) is 0 Å². The van der Waals surface area contributed by atoms with Crippen molar-refractivity contribution in [3.05, 3.63) is 29.3 Å². The Hall–Kier alpha value is -1.62. The molecule has 0 saturated heterocycles. The molecule has 7 heteroatoms. The first-order chi connectivity index (χ1) is 12.2. The van der Waals surface area contributed by atoms with Crippen LogP contribution in [0, 0.1) is 0 Å². The van der Waals surface area contributed by atoms with Crippen LogP contribution >= 0.6 is 7.60 Å². The minimum absolute atomic E-state index is 0.0565. The van der Waals surface area contributed by atoms with Gasteiger partial charge in [-0.3, -0.25) is 9.36 Å².